The highest BCUT2D eigenvalue weighted by Crippen LogP contribution is 2.39. The minimum Gasteiger partial charge on any atom is -0.309 e. The monoisotopic (exact) mass is 1190 g/mol. The predicted octanol–water partition coefficient (Wildman–Crippen LogP) is 21.2. The summed E-state index contributed by atoms with van der Waals surface area (Å²) < 4.78 is 2.37. The molecule has 5 heterocycles. The van der Waals surface area contributed by atoms with Gasteiger partial charge in [0.1, 0.15) is 0 Å². The van der Waals surface area contributed by atoms with E-state index in [0.29, 0.717) is 17.5 Å². The van der Waals surface area contributed by atoms with Gasteiger partial charge in [0, 0.05) is 78.1 Å². The van der Waals surface area contributed by atoms with E-state index in [-0.39, 0.29) is 0 Å². The molecule has 0 aliphatic heterocycles. The Balaban J connectivity index is 0.671. The first kappa shape index (κ1) is 54.5. The average Bonchev–Trinajstić information content (AvgIpc) is 1.65. The SMILES string of the molecule is c1ccc(-c2cc(-c3ccc4cc(-c5cc(-c6ccccc6)nc(-c6cccc(-c7ccc8c(c7)c7ccccc7n8-c7ccc(-c8ccc(-c9cc(-c%10ccnc%11ccccc%10%11)nc(-c%10ccccc%10)n9)cc8)cc7)c6)n5)ccc4c3)nc(-c3ccccc3)n2)cc1. The van der Waals surface area contributed by atoms with Gasteiger partial charge >= 0.3 is 0 Å². The van der Waals surface area contributed by atoms with Gasteiger partial charge in [-0.25, -0.2) is 29.9 Å². The first-order chi connectivity index (χ1) is 46.0. The Hall–Kier alpha value is -12.7. The predicted molar refractivity (Wildman–Crippen MR) is 380 cm³/mol. The maximum absolute atomic E-state index is 5.35. The van der Waals surface area contributed by atoms with Gasteiger partial charge in [0.2, 0.25) is 0 Å². The summed E-state index contributed by atoms with van der Waals surface area (Å²) in [7, 11) is 0. The van der Waals surface area contributed by atoms with Crippen LogP contribution in [-0.4, -0.2) is 39.5 Å². The van der Waals surface area contributed by atoms with Crippen molar-refractivity contribution < 1.29 is 0 Å². The maximum Gasteiger partial charge on any atom is 0.160 e. The topological polar surface area (TPSA) is 95.2 Å². The lowest BCUT2D eigenvalue weighted by Gasteiger charge is -2.12. The summed E-state index contributed by atoms with van der Waals surface area (Å²) >= 11 is 0. The van der Waals surface area contributed by atoms with Crippen LogP contribution < -0.4 is 0 Å². The van der Waals surface area contributed by atoms with Crippen LogP contribution in [0.4, 0.5) is 0 Å². The molecule has 0 aliphatic rings. The second kappa shape index (κ2) is 23.4. The fourth-order valence-electron chi connectivity index (χ4n) is 12.8. The fraction of sp³-hybridized carbons (Fsp3) is 0. The highest BCUT2D eigenvalue weighted by molar-refractivity contribution is 6.10. The van der Waals surface area contributed by atoms with Crippen molar-refractivity contribution in [1.82, 2.24) is 39.5 Å². The van der Waals surface area contributed by atoms with Crippen LogP contribution in [0.25, 0.3) is 173 Å². The molecule has 93 heavy (non-hydrogen) atoms. The van der Waals surface area contributed by atoms with Crippen molar-refractivity contribution in [2.24, 2.45) is 0 Å². The molecule has 0 radical (unpaired) electrons. The van der Waals surface area contributed by atoms with E-state index in [1.165, 1.54) is 10.8 Å². The number of aromatic nitrogens is 8. The van der Waals surface area contributed by atoms with Gasteiger partial charge < -0.3 is 4.57 Å². The second-order valence-corrected chi connectivity index (χ2v) is 23.3. The molecule has 0 fully saturated rings. The lowest BCUT2D eigenvalue weighted by atomic mass is 9.99. The molecule has 0 bridgehead atoms. The van der Waals surface area contributed by atoms with Crippen LogP contribution in [0.5, 0.6) is 0 Å². The van der Waals surface area contributed by atoms with Crippen LogP contribution in [0.15, 0.2) is 328 Å². The van der Waals surface area contributed by atoms with Crippen molar-refractivity contribution in [3.8, 4) is 130 Å². The third-order valence-electron chi connectivity index (χ3n) is 17.5. The van der Waals surface area contributed by atoms with E-state index in [0.717, 1.165) is 145 Å². The summed E-state index contributed by atoms with van der Waals surface area (Å²) in [5.41, 5.74) is 22.8. The number of para-hydroxylation sites is 2. The number of hydrogen-bond acceptors (Lipinski definition) is 7. The Morgan fingerprint density at radius 2 is 0.613 bits per heavy atom. The Morgan fingerprint density at radius 3 is 1.20 bits per heavy atom. The van der Waals surface area contributed by atoms with Gasteiger partial charge in [0.05, 0.1) is 50.7 Å². The van der Waals surface area contributed by atoms with E-state index in [1.807, 2.05) is 91.1 Å². The minimum atomic E-state index is 0.653. The van der Waals surface area contributed by atoms with Crippen molar-refractivity contribution in [2.45, 2.75) is 0 Å². The molecule has 0 N–H and O–H groups in total. The van der Waals surface area contributed by atoms with Gasteiger partial charge in [-0.3, -0.25) is 4.98 Å². The molecule has 0 atom stereocenters. The van der Waals surface area contributed by atoms with Crippen LogP contribution >= 0.6 is 0 Å². The Bertz CT molecular complexity index is 5590. The third-order valence-corrected chi connectivity index (χ3v) is 17.5. The molecule has 0 saturated heterocycles. The summed E-state index contributed by atoms with van der Waals surface area (Å²) in [5.74, 6) is 2.02. The standard InChI is InChI=1S/C85H54N8/c1-5-18-57(19-6-1)75-52-78(90-83(87-75)60-22-9-3-10-23-60)66-38-36-64-49-67(39-37-63(64)48-66)79-53-76(58-20-7-2-8-21-58)89-85(91-79)68-27-17-26-62(50-68)65-42-45-82-73(51-65)72-29-14-16-31-81(72)93(82)69-43-40-56(41-44-69)55-32-34-59(35-33-55)77-54-80(92-84(88-77)61-24-11-4-12-25-61)71-46-47-86-74-30-15-13-28-70(71)74/h1-54H. The molecule has 17 rings (SSSR count). The van der Waals surface area contributed by atoms with Crippen LogP contribution in [-0.2, 0) is 0 Å². The highest BCUT2D eigenvalue weighted by Gasteiger charge is 2.19. The molecule has 0 aliphatic carbocycles. The van der Waals surface area contributed by atoms with E-state index < -0.39 is 0 Å². The molecule has 8 nitrogen and oxygen atoms in total. The number of hydrogen-bond donors (Lipinski definition) is 0. The molecular weight excluding hydrogens is 1130 g/mol. The summed E-state index contributed by atoms with van der Waals surface area (Å²) in [6.07, 6.45) is 1.85. The number of nitrogens with zero attached hydrogens (tertiary/aromatic N) is 8. The van der Waals surface area contributed by atoms with Crippen LogP contribution in [0.2, 0.25) is 0 Å². The zero-order chi connectivity index (χ0) is 61.6. The summed E-state index contributed by atoms with van der Waals surface area (Å²) in [6, 6.07) is 112. The van der Waals surface area contributed by atoms with Crippen LogP contribution in [0, 0.1) is 0 Å². The number of pyridine rings is 1. The first-order valence-electron chi connectivity index (χ1n) is 31.2. The molecule has 0 amide bonds. The Labute approximate surface area is 537 Å². The second-order valence-electron chi connectivity index (χ2n) is 23.3. The number of fused-ring (bicyclic) bond motifs is 5. The molecule has 0 saturated carbocycles. The zero-order valence-electron chi connectivity index (χ0n) is 50.3. The van der Waals surface area contributed by atoms with E-state index >= 15 is 0 Å². The fourth-order valence-corrected chi connectivity index (χ4v) is 12.8. The minimum absolute atomic E-state index is 0.653. The van der Waals surface area contributed by atoms with Gasteiger partial charge in [0.25, 0.3) is 0 Å². The van der Waals surface area contributed by atoms with Gasteiger partial charge in [-0.05, 0) is 112 Å². The Kier molecular flexibility index (Phi) is 13.7. The molecule has 434 valence electrons. The molecular formula is C85H54N8. The van der Waals surface area contributed by atoms with Crippen molar-refractivity contribution >= 4 is 43.5 Å². The van der Waals surface area contributed by atoms with Gasteiger partial charge in [0.15, 0.2) is 17.5 Å². The lowest BCUT2D eigenvalue weighted by molar-refractivity contribution is 1.18. The van der Waals surface area contributed by atoms with Crippen molar-refractivity contribution in [3.05, 3.63) is 328 Å². The molecule has 0 spiro atoms. The van der Waals surface area contributed by atoms with E-state index in [1.54, 1.807) is 0 Å². The molecule has 17 aromatic rings. The van der Waals surface area contributed by atoms with Gasteiger partial charge in [-0.2, -0.15) is 0 Å². The molecule has 5 aromatic heterocycles. The molecule has 8 heteroatoms. The van der Waals surface area contributed by atoms with Crippen molar-refractivity contribution in [3.63, 3.8) is 0 Å². The van der Waals surface area contributed by atoms with Crippen molar-refractivity contribution in [2.75, 3.05) is 0 Å². The van der Waals surface area contributed by atoms with Crippen LogP contribution in [0.3, 0.4) is 0 Å². The molecule has 0 unspecified atom stereocenters. The van der Waals surface area contributed by atoms with E-state index in [9.17, 15) is 0 Å². The zero-order valence-corrected chi connectivity index (χ0v) is 50.3. The molecule has 12 aromatic carbocycles. The third kappa shape index (κ3) is 10.5. The lowest BCUT2D eigenvalue weighted by Crippen LogP contribution is -1.97. The van der Waals surface area contributed by atoms with Gasteiger partial charge in [-0.15, -0.1) is 0 Å². The quantitative estimate of drug-likeness (QED) is 0.120. The van der Waals surface area contributed by atoms with E-state index in [2.05, 4.69) is 246 Å². The van der Waals surface area contributed by atoms with Gasteiger partial charge in [-0.1, -0.05) is 243 Å². The van der Waals surface area contributed by atoms with Crippen LogP contribution in [0.1, 0.15) is 0 Å². The maximum atomic E-state index is 5.35. The normalized spacial score (nSPS) is 11.4. The van der Waals surface area contributed by atoms with E-state index in [4.69, 9.17) is 29.9 Å². The average molecular weight is 1190 g/mol. The first-order valence-corrected chi connectivity index (χ1v) is 31.2. The number of rotatable bonds is 12. The largest absolute Gasteiger partial charge is 0.309 e. The summed E-state index contributed by atoms with van der Waals surface area (Å²) in [5, 5.41) is 5.61. The number of benzene rings is 12. The highest BCUT2D eigenvalue weighted by atomic mass is 15.0. The summed E-state index contributed by atoms with van der Waals surface area (Å²) in [4.78, 5) is 35.6. The summed E-state index contributed by atoms with van der Waals surface area (Å²) in [6.45, 7) is 0. The van der Waals surface area contributed by atoms with Crippen molar-refractivity contribution in [1.29, 1.82) is 0 Å². The smallest absolute Gasteiger partial charge is 0.160 e. The Morgan fingerprint density at radius 1 is 0.215 bits per heavy atom.